The van der Waals surface area contributed by atoms with Gasteiger partial charge in [0.05, 0.1) is 30.5 Å². The molecule has 3 heterocycles. The predicted molar refractivity (Wildman–Crippen MR) is 126 cm³/mol. The highest BCUT2D eigenvalue weighted by Gasteiger charge is 2.74. The second kappa shape index (κ2) is 8.95. The van der Waals surface area contributed by atoms with Gasteiger partial charge >= 0.3 is 17.9 Å². The number of methoxy groups -OCH3 is 1. The Morgan fingerprint density at radius 2 is 1.89 bits per heavy atom. The van der Waals surface area contributed by atoms with Gasteiger partial charge in [-0.2, -0.15) is 0 Å². The van der Waals surface area contributed by atoms with Crippen molar-refractivity contribution in [2.45, 2.75) is 103 Å². The first-order chi connectivity index (χ1) is 16.4. The largest absolute Gasteiger partial charge is 0.487 e. The van der Waals surface area contributed by atoms with Crippen LogP contribution in [0.4, 0.5) is 0 Å². The molecule has 2 saturated heterocycles. The summed E-state index contributed by atoms with van der Waals surface area (Å²) in [5.41, 5.74) is -1.37. The third-order valence-electron chi connectivity index (χ3n) is 8.45. The average Bonchev–Trinajstić information content (AvgIpc) is 3.44. The third-order valence-corrected chi connectivity index (χ3v) is 8.45. The van der Waals surface area contributed by atoms with E-state index in [2.05, 4.69) is 0 Å². The van der Waals surface area contributed by atoms with Gasteiger partial charge in [0.15, 0.2) is 0 Å². The lowest BCUT2D eigenvalue weighted by Crippen LogP contribution is -2.61. The van der Waals surface area contributed by atoms with E-state index >= 15 is 0 Å². The number of carbonyl (C=O) groups excluding carboxylic acids is 3. The van der Waals surface area contributed by atoms with Gasteiger partial charge < -0.3 is 23.7 Å². The summed E-state index contributed by atoms with van der Waals surface area (Å²) in [4.78, 5) is 37.6. The number of allylic oxidation sites excluding steroid dienone is 1. The molecule has 8 nitrogen and oxygen atoms in total. The Morgan fingerprint density at radius 3 is 2.51 bits per heavy atom. The monoisotopic (exact) mass is 490 g/mol. The van der Waals surface area contributed by atoms with Crippen LogP contribution >= 0.6 is 0 Å². The molecule has 2 unspecified atom stereocenters. The maximum Gasteiger partial charge on any atom is 0.312 e. The van der Waals surface area contributed by atoms with Crippen LogP contribution in [0.1, 0.15) is 73.6 Å². The van der Waals surface area contributed by atoms with E-state index in [1.165, 1.54) is 14.0 Å². The Kier molecular flexibility index (Phi) is 6.58. The van der Waals surface area contributed by atoms with Crippen molar-refractivity contribution >= 4 is 17.9 Å². The zero-order valence-electron chi connectivity index (χ0n) is 21.8. The van der Waals surface area contributed by atoms with Crippen LogP contribution in [0.2, 0.25) is 0 Å². The highest BCUT2D eigenvalue weighted by atomic mass is 16.6. The second-order valence-electron chi connectivity index (χ2n) is 11.0. The number of hydrogen-bond acceptors (Lipinski definition) is 8. The maximum absolute atomic E-state index is 12.8. The number of rotatable bonds is 6. The van der Waals surface area contributed by atoms with Crippen molar-refractivity contribution in [1.82, 2.24) is 0 Å². The summed E-state index contributed by atoms with van der Waals surface area (Å²) in [5.74, 6) is -1.39. The van der Waals surface area contributed by atoms with E-state index in [1.54, 1.807) is 6.92 Å². The molecule has 4 aliphatic rings. The van der Waals surface area contributed by atoms with Crippen LogP contribution in [-0.4, -0.2) is 54.5 Å². The Morgan fingerprint density at radius 1 is 1.17 bits per heavy atom. The Balaban J connectivity index is 1.91. The Labute approximate surface area is 207 Å². The normalized spacial score (nSPS) is 40.2. The number of epoxide rings is 1. The number of fused-ring (bicyclic) bond motifs is 6. The van der Waals surface area contributed by atoms with Gasteiger partial charge in [-0.1, -0.05) is 19.9 Å². The Bertz CT molecular complexity index is 968. The molecule has 0 amide bonds. The summed E-state index contributed by atoms with van der Waals surface area (Å²) in [6, 6.07) is 0. The van der Waals surface area contributed by atoms with E-state index in [1.807, 2.05) is 39.8 Å². The van der Waals surface area contributed by atoms with Crippen LogP contribution < -0.4 is 0 Å². The van der Waals surface area contributed by atoms with Crippen LogP contribution in [0.15, 0.2) is 23.5 Å². The smallest absolute Gasteiger partial charge is 0.312 e. The van der Waals surface area contributed by atoms with Crippen molar-refractivity contribution in [2.24, 2.45) is 17.3 Å². The summed E-state index contributed by atoms with van der Waals surface area (Å²) in [7, 11) is 1.37. The van der Waals surface area contributed by atoms with E-state index in [4.69, 9.17) is 23.7 Å². The zero-order chi connectivity index (χ0) is 25.8. The molecule has 1 saturated carbocycles. The summed E-state index contributed by atoms with van der Waals surface area (Å²) in [6.45, 7) is 11.2. The molecule has 35 heavy (non-hydrogen) atoms. The fourth-order valence-corrected chi connectivity index (χ4v) is 6.42. The fraction of sp³-hybridized carbons (Fsp3) is 0.741. The van der Waals surface area contributed by atoms with Crippen molar-refractivity contribution in [3.8, 4) is 0 Å². The predicted octanol–water partition coefficient (Wildman–Crippen LogP) is 4.02. The number of carbonyl (C=O) groups is 3. The summed E-state index contributed by atoms with van der Waals surface area (Å²) in [6.07, 6.45) is 5.34. The van der Waals surface area contributed by atoms with Gasteiger partial charge in [0, 0.05) is 25.3 Å². The molecule has 194 valence electrons. The maximum atomic E-state index is 12.8. The van der Waals surface area contributed by atoms with Crippen molar-refractivity contribution in [3.63, 3.8) is 0 Å². The standard InChI is InChI=1S/C27H38O8/c1-8-9-21(29)33-18-11-13-25(4)12-10-17(15(2)24(30)31-7)22(35-25)23-26(18,5)19(32-16(3)28)14-20-27(23,6)34-20/h10,12,15,18-20,23H,8-9,11,13-14H2,1-7H3/t15-,18-,19+,20?,23-,25?,26+,27+/m1/s1. The molecule has 1 aliphatic carbocycles. The van der Waals surface area contributed by atoms with Crippen molar-refractivity contribution in [2.75, 3.05) is 7.11 Å². The highest BCUT2D eigenvalue weighted by molar-refractivity contribution is 5.76. The second-order valence-corrected chi connectivity index (χ2v) is 11.0. The molecule has 4 rings (SSSR count). The van der Waals surface area contributed by atoms with Crippen molar-refractivity contribution in [1.29, 1.82) is 0 Å². The molecule has 0 aromatic carbocycles. The van der Waals surface area contributed by atoms with Gasteiger partial charge in [-0.15, -0.1) is 0 Å². The lowest BCUT2D eigenvalue weighted by molar-refractivity contribution is -0.196. The fourth-order valence-electron chi connectivity index (χ4n) is 6.42. The molecule has 3 fully saturated rings. The number of hydrogen-bond donors (Lipinski definition) is 0. The molecular formula is C27H38O8. The summed E-state index contributed by atoms with van der Waals surface area (Å²) >= 11 is 0. The SMILES string of the molecule is CCCC(=O)O[C@@H]1CCC2(C)C=CC([C@@H](C)C(=O)OC)=C(O2)[C@@H]2[C@]1(C)[C@@H](OC(C)=O)CC1O[C@@]12C. The number of esters is 3. The van der Waals surface area contributed by atoms with Crippen LogP contribution in [0.5, 0.6) is 0 Å². The lowest BCUT2D eigenvalue weighted by atomic mass is 9.55. The van der Waals surface area contributed by atoms with Gasteiger partial charge in [0.1, 0.15) is 29.2 Å². The molecule has 8 heteroatoms. The summed E-state index contributed by atoms with van der Waals surface area (Å²) < 4.78 is 30.1. The van der Waals surface area contributed by atoms with Gasteiger partial charge in [-0.3, -0.25) is 14.4 Å². The average molecular weight is 491 g/mol. The minimum Gasteiger partial charge on any atom is -0.487 e. The molecule has 0 N–H and O–H groups in total. The first-order valence-electron chi connectivity index (χ1n) is 12.6. The molecule has 0 radical (unpaired) electrons. The van der Waals surface area contributed by atoms with Crippen LogP contribution in [0.3, 0.4) is 0 Å². The highest BCUT2D eigenvalue weighted by Crippen LogP contribution is 2.65. The molecule has 0 aromatic rings. The molecule has 2 bridgehead atoms. The van der Waals surface area contributed by atoms with Crippen molar-refractivity contribution in [3.05, 3.63) is 23.5 Å². The number of ether oxygens (including phenoxy) is 5. The van der Waals surface area contributed by atoms with Crippen LogP contribution in [0, 0.1) is 17.3 Å². The third kappa shape index (κ3) is 4.28. The van der Waals surface area contributed by atoms with Gasteiger partial charge in [-0.25, -0.2) is 0 Å². The lowest BCUT2D eigenvalue weighted by Gasteiger charge is -2.54. The quantitative estimate of drug-likeness (QED) is 0.313. The van der Waals surface area contributed by atoms with Crippen LogP contribution in [-0.2, 0) is 38.1 Å². The molecule has 3 aliphatic heterocycles. The first kappa shape index (κ1) is 25.7. The zero-order valence-corrected chi connectivity index (χ0v) is 21.8. The molecule has 0 aromatic heterocycles. The molecule has 8 atom stereocenters. The van der Waals surface area contributed by atoms with Gasteiger partial charge in [0.2, 0.25) is 0 Å². The molecular weight excluding hydrogens is 452 g/mol. The topological polar surface area (TPSA) is 101 Å². The van der Waals surface area contributed by atoms with Gasteiger partial charge in [-0.05, 0) is 46.1 Å². The first-order valence-corrected chi connectivity index (χ1v) is 12.6. The molecule has 0 spiro atoms. The van der Waals surface area contributed by atoms with Crippen LogP contribution in [0.25, 0.3) is 0 Å². The van der Waals surface area contributed by atoms with E-state index in [9.17, 15) is 14.4 Å². The van der Waals surface area contributed by atoms with E-state index in [0.29, 0.717) is 43.4 Å². The summed E-state index contributed by atoms with van der Waals surface area (Å²) in [5, 5.41) is 0. The minimum absolute atomic E-state index is 0.140. The van der Waals surface area contributed by atoms with E-state index in [-0.39, 0.29) is 18.0 Å². The minimum atomic E-state index is -0.834. The Hall–Kier alpha value is -2.35. The van der Waals surface area contributed by atoms with Gasteiger partial charge in [0.25, 0.3) is 0 Å². The van der Waals surface area contributed by atoms with E-state index in [0.717, 1.165) is 0 Å². The van der Waals surface area contributed by atoms with E-state index < -0.39 is 46.6 Å². The van der Waals surface area contributed by atoms with Crippen molar-refractivity contribution < 1.29 is 38.1 Å².